The Morgan fingerprint density at radius 1 is 1.31 bits per heavy atom. The SMILES string of the molecule is CCCNC(=O)N1CCN(c2cc(Cl)nc(-n3ccnc3)n2)C(CC(=O)NC(C)c2cccs2)C1. The van der Waals surface area contributed by atoms with E-state index in [1.165, 1.54) is 0 Å². The van der Waals surface area contributed by atoms with Crippen LogP contribution in [0.1, 0.15) is 37.6 Å². The number of carbonyl (C=O) groups is 2. The number of urea groups is 1. The third kappa shape index (κ3) is 6.29. The molecule has 12 heteroatoms. The normalized spacial score (nSPS) is 16.7. The van der Waals surface area contributed by atoms with Crippen LogP contribution in [0, 0.1) is 0 Å². The first kappa shape index (κ1) is 24.9. The van der Waals surface area contributed by atoms with Gasteiger partial charge in [-0.25, -0.2) is 14.8 Å². The highest BCUT2D eigenvalue weighted by molar-refractivity contribution is 7.10. The monoisotopic (exact) mass is 516 g/mol. The molecule has 1 aliphatic rings. The number of piperazine rings is 1. The Bertz CT molecular complexity index is 1120. The van der Waals surface area contributed by atoms with Crippen molar-refractivity contribution in [2.75, 3.05) is 31.1 Å². The van der Waals surface area contributed by atoms with Gasteiger partial charge in [0.1, 0.15) is 17.3 Å². The molecule has 0 radical (unpaired) electrons. The van der Waals surface area contributed by atoms with Gasteiger partial charge in [-0.3, -0.25) is 9.36 Å². The Hall–Kier alpha value is -3.18. The maximum absolute atomic E-state index is 13.0. The third-order valence-corrected chi connectivity index (χ3v) is 7.01. The lowest BCUT2D eigenvalue weighted by Gasteiger charge is -2.42. The molecule has 2 N–H and O–H groups in total. The van der Waals surface area contributed by atoms with Gasteiger partial charge in [-0.05, 0) is 24.8 Å². The number of imidazole rings is 1. The molecule has 2 unspecified atom stereocenters. The van der Waals surface area contributed by atoms with Crippen LogP contribution in [0.4, 0.5) is 10.6 Å². The van der Waals surface area contributed by atoms with Crippen LogP contribution >= 0.6 is 22.9 Å². The summed E-state index contributed by atoms with van der Waals surface area (Å²) in [4.78, 5) is 43.6. The van der Waals surface area contributed by atoms with Gasteiger partial charge in [0.05, 0.1) is 12.1 Å². The molecule has 0 aromatic carbocycles. The fraction of sp³-hybridized carbons (Fsp3) is 0.435. The molecular formula is C23H29ClN8O2S. The number of aromatic nitrogens is 4. The molecule has 4 rings (SSSR count). The van der Waals surface area contributed by atoms with E-state index >= 15 is 0 Å². The fourth-order valence-corrected chi connectivity index (χ4v) is 4.92. The van der Waals surface area contributed by atoms with Crippen LogP contribution in [-0.4, -0.2) is 68.6 Å². The van der Waals surface area contributed by atoms with Crippen molar-refractivity contribution in [1.82, 2.24) is 35.1 Å². The number of nitrogens with one attached hydrogen (secondary N) is 2. The lowest BCUT2D eigenvalue weighted by atomic mass is 10.1. The number of carbonyl (C=O) groups excluding carboxylic acids is 2. The van der Waals surface area contributed by atoms with Gasteiger partial charge in [0, 0.05) is 55.9 Å². The van der Waals surface area contributed by atoms with E-state index in [1.807, 2.05) is 36.3 Å². The van der Waals surface area contributed by atoms with Crippen LogP contribution in [0.25, 0.3) is 5.95 Å². The Balaban J connectivity index is 1.55. The number of thiophene rings is 1. The standard InChI is InChI=1S/C23H29ClN8O2S/c1-3-6-26-23(34)30-9-10-32(20-13-19(24)28-22(29-20)31-8-7-25-15-31)17(14-30)12-21(33)27-16(2)18-5-4-11-35-18/h4-5,7-8,11,13,15-17H,3,6,9-10,12,14H2,1-2H3,(H,26,34)(H,27,33). The molecule has 2 atom stereocenters. The Kier molecular flexibility index (Phi) is 8.19. The van der Waals surface area contributed by atoms with Crippen molar-refractivity contribution in [3.63, 3.8) is 0 Å². The van der Waals surface area contributed by atoms with Crippen molar-refractivity contribution in [3.8, 4) is 5.95 Å². The van der Waals surface area contributed by atoms with Crippen LogP contribution in [-0.2, 0) is 4.79 Å². The highest BCUT2D eigenvalue weighted by atomic mass is 35.5. The highest BCUT2D eigenvalue weighted by Crippen LogP contribution is 2.25. The number of hydrogen-bond acceptors (Lipinski definition) is 7. The molecule has 1 aliphatic heterocycles. The first-order valence-corrected chi connectivity index (χ1v) is 12.9. The van der Waals surface area contributed by atoms with E-state index in [0.29, 0.717) is 37.9 Å². The zero-order chi connectivity index (χ0) is 24.8. The van der Waals surface area contributed by atoms with Crippen molar-refractivity contribution in [2.24, 2.45) is 0 Å². The van der Waals surface area contributed by atoms with Gasteiger partial charge in [-0.1, -0.05) is 24.6 Å². The first-order chi connectivity index (χ1) is 16.9. The quantitative estimate of drug-likeness (QED) is 0.445. The number of rotatable bonds is 8. The lowest BCUT2D eigenvalue weighted by Crippen LogP contribution is -2.58. The summed E-state index contributed by atoms with van der Waals surface area (Å²) in [7, 11) is 0. The summed E-state index contributed by atoms with van der Waals surface area (Å²) in [6.07, 6.45) is 6.04. The topological polar surface area (TPSA) is 108 Å². The van der Waals surface area contributed by atoms with Crippen LogP contribution in [0.15, 0.2) is 42.3 Å². The van der Waals surface area contributed by atoms with E-state index in [9.17, 15) is 9.59 Å². The minimum absolute atomic E-state index is 0.0910. The average molecular weight is 517 g/mol. The van der Waals surface area contributed by atoms with E-state index in [-0.39, 0.29) is 35.6 Å². The Labute approximate surface area is 213 Å². The summed E-state index contributed by atoms with van der Waals surface area (Å²) >= 11 is 7.94. The summed E-state index contributed by atoms with van der Waals surface area (Å²) in [5, 5.41) is 8.29. The number of anilines is 1. The average Bonchev–Trinajstić information content (AvgIpc) is 3.57. The fourth-order valence-electron chi connectivity index (χ4n) is 4.02. The first-order valence-electron chi connectivity index (χ1n) is 11.6. The van der Waals surface area contributed by atoms with E-state index in [0.717, 1.165) is 11.3 Å². The molecule has 0 aliphatic carbocycles. The van der Waals surface area contributed by atoms with E-state index in [1.54, 1.807) is 45.6 Å². The van der Waals surface area contributed by atoms with Crippen molar-refractivity contribution in [1.29, 1.82) is 0 Å². The summed E-state index contributed by atoms with van der Waals surface area (Å²) in [6, 6.07) is 5.16. The molecule has 4 heterocycles. The van der Waals surface area contributed by atoms with Gasteiger partial charge >= 0.3 is 6.03 Å². The van der Waals surface area contributed by atoms with E-state index in [4.69, 9.17) is 11.6 Å². The van der Waals surface area contributed by atoms with Crippen molar-refractivity contribution in [2.45, 2.75) is 38.8 Å². The molecule has 35 heavy (non-hydrogen) atoms. The Morgan fingerprint density at radius 2 is 2.17 bits per heavy atom. The number of halogens is 1. The molecule has 0 spiro atoms. The molecule has 1 saturated heterocycles. The summed E-state index contributed by atoms with van der Waals surface area (Å²) < 4.78 is 1.67. The predicted octanol–water partition coefficient (Wildman–Crippen LogP) is 3.25. The molecule has 3 aromatic rings. The van der Waals surface area contributed by atoms with E-state index in [2.05, 4.69) is 25.6 Å². The maximum atomic E-state index is 13.0. The van der Waals surface area contributed by atoms with Crippen molar-refractivity contribution in [3.05, 3.63) is 52.3 Å². The third-order valence-electron chi connectivity index (χ3n) is 5.76. The summed E-state index contributed by atoms with van der Waals surface area (Å²) in [5.74, 6) is 0.903. The minimum Gasteiger partial charge on any atom is -0.349 e. The predicted molar refractivity (Wildman–Crippen MR) is 136 cm³/mol. The molecule has 1 fully saturated rings. The van der Waals surface area contributed by atoms with Crippen molar-refractivity contribution < 1.29 is 9.59 Å². The molecule has 0 saturated carbocycles. The van der Waals surface area contributed by atoms with Gasteiger partial charge < -0.3 is 20.4 Å². The maximum Gasteiger partial charge on any atom is 0.317 e. The minimum atomic E-state index is -0.284. The van der Waals surface area contributed by atoms with Gasteiger partial charge in [0.15, 0.2) is 0 Å². The zero-order valence-electron chi connectivity index (χ0n) is 19.7. The molecular weight excluding hydrogens is 488 g/mol. The zero-order valence-corrected chi connectivity index (χ0v) is 21.3. The molecule has 0 bridgehead atoms. The van der Waals surface area contributed by atoms with Gasteiger partial charge in [-0.2, -0.15) is 4.98 Å². The number of amides is 3. The Morgan fingerprint density at radius 3 is 2.89 bits per heavy atom. The van der Waals surface area contributed by atoms with Gasteiger partial charge in [0.2, 0.25) is 11.9 Å². The van der Waals surface area contributed by atoms with E-state index < -0.39 is 0 Å². The second-order valence-corrected chi connectivity index (χ2v) is 9.72. The number of nitrogens with zero attached hydrogens (tertiary/aromatic N) is 6. The van der Waals surface area contributed by atoms with Crippen LogP contribution in [0.3, 0.4) is 0 Å². The van der Waals surface area contributed by atoms with Crippen LogP contribution < -0.4 is 15.5 Å². The largest absolute Gasteiger partial charge is 0.349 e. The van der Waals surface area contributed by atoms with Gasteiger partial charge in [-0.15, -0.1) is 11.3 Å². The highest BCUT2D eigenvalue weighted by Gasteiger charge is 2.32. The molecule has 3 amide bonds. The summed E-state index contributed by atoms with van der Waals surface area (Å²) in [6.45, 7) is 5.98. The molecule has 10 nitrogen and oxygen atoms in total. The lowest BCUT2D eigenvalue weighted by molar-refractivity contribution is -0.122. The van der Waals surface area contributed by atoms with Gasteiger partial charge in [0.25, 0.3) is 0 Å². The summed E-state index contributed by atoms with van der Waals surface area (Å²) in [5.41, 5.74) is 0. The second-order valence-electron chi connectivity index (χ2n) is 8.35. The molecule has 186 valence electrons. The molecule has 3 aromatic heterocycles. The van der Waals surface area contributed by atoms with Crippen molar-refractivity contribution >= 4 is 40.7 Å². The number of hydrogen-bond donors (Lipinski definition) is 2. The smallest absolute Gasteiger partial charge is 0.317 e. The van der Waals surface area contributed by atoms with Crippen LogP contribution in [0.2, 0.25) is 5.15 Å². The second kappa shape index (κ2) is 11.5. The van der Waals surface area contributed by atoms with Crippen LogP contribution in [0.5, 0.6) is 0 Å².